The van der Waals surface area contributed by atoms with E-state index in [0.29, 0.717) is 6.42 Å². The van der Waals surface area contributed by atoms with Crippen molar-refractivity contribution in [3.05, 3.63) is 0 Å². The lowest BCUT2D eigenvalue weighted by molar-refractivity contribution is -0.316. The van der Waals surface area contributed by atoms with Gasteiger partial charge in [-0.3, -0.25) is 9.63 Å². The fraction of sp³-hybridized carbons (Fsp3) is 0.950. The van der Waals surface area contributed by atoms with Crippen LogP contribution < -0.4 is 0 Å². The molecule has 0 saturated carbocycles. The number of esters is 1. The molecule has 24 heavy (non-hydrogen) atoms. The maximum Gasteiger partial charge on any atom is 0.306 e. The molecular weight excluding hydrogens is 302 g/mol. The summed E-state index contributed by atoms with van der Waals surface area (Å²) in [5.41, 5.74) is -0.308. The van der Waals surface area contributed by atoms with Gasteiger partial charge in [0.15, 0.2) is 0 Å². The zero-order valence-electron chi connectivity index (χ0n) is 17.0. The van der Waals surface area contributed by atoms with E-state index in [-0.39, 0.29) is 29.3 Å². The number of hydrogen-bond donors (Lipinski definition) is 0. The molecule has 1 aliphatic heterocycles. The molecule has 1 rings (SSSR count). The summed E-state index contributed by atoms with van der Waals surface area (Å²) in [5.74, 6) is -0.0714. The monoisotopic (exact) mass is 341 g/mol. The van der Waals surface area contributed by atoms with Gasteiger partial charge in [0.2, 0.25) is 0 Å². The van der Waals surface area contributed by atoms with Crippen LogP contribution in [0.25, 0.3) is 0 Å². The van der Waals surface area contributed by atoms with Crippen LogP contribution in [0.1, 0.15) is 99.8 Å². The van der Waals surface area contributed by atoms with E-state index in [9.17, 15) is 4.79 Å². The van der Waals surface area contributed by atoms with Gasteiger partial charge in [-0.15, -0.1) is 0 Å². The Balaban J connectivity index is 2.79. The highest BCUT2D eigenvalue weighted by molar-refractivity contribution is 5.69. The third-order valence-corrected chi connectivity index (χ3v) is 4.90. The SMILES string of the molecule is CCCCC(CC)ON1C(C)(C)CC(OC(=O)CCC)CC1(C)C. The van der Waals surface area contributed by atoms with Gasteiger partial charge in [-0.05, 0) is 47.0 Å². The molecule has 1 heterocycles. The van der Waals surface area contributed by atoms with Gasteiger partial charge in [-0.2, -0.15) is 5.06 Å². The molecule has 1 atom stereocenters. The van der Waals surface area contributed by atoms with Crippen molar-refractivity contribution >= 4 is 5.97 Å². The van der Waals surface area contributed by atoms with Gasteiger partial charge in [-0.25, -0.2) is 0 Å². The lowest BCUT2D eigenvalue weighted by Crippen LogP contribution is -2.62. The van der Waals surface area contributed by atoms with Crippen molar-refractivity contribution < 1.29 is 14.4 Å². The van der Waals surface area contributed by atoms with E-state index in [1.165, 1.54) is 12.8 Å². The second kappa shape index (κ2) is 9.19. The standard InChI is InChI=1S/C20H39NO3/c1-8-11-13-16(10-3)24-21-19(4,5)14-17(15-20(21,6)7)23-18(22)12-9-2/h16-17H,8-15H2,1-7H3. The smallest absolute Gasteiger partial charge is 0.306 e. The first-order valence-electron chi connectivity index (χ1n) is 9.82. The summed E-state index contributed by atoms with van der Waals surface area (Å²) >= 11 is 0. The Kier molecular flexibility index (Phi) is 8.21. The fourth-order valence-corrected chi connectivity index (χ4v) is 3.90. The molecule has 1 saturated heterocycles. The van der Waals surface area contributed by atoms with Gasteiger partial charge in [0.1, 0.15) is 6.10 Å². The molecule has 0 radical (unpaired) electrons. The number of unbranched alkanes of at least 4 members (excludes halogenated alkanes) is 1. The quantitative estimate of drug-likeness (QED) is 0.537. The van der Waals surface area contributed by atoms with Crippen LogP contribution in [0.5, 0.6) is 0 Å². The van der Waals surface area contributed by atoms with E-state index in [0.717, 1.165) is 32.1 Å². The van der Waals surface area contributed by atoms with Crippen LogP contribution in [0.15, 0.2) is 0 Å². The Labute approximate surface area is 149 Å². The normalized spacial score (nSPS) is 22.3. The number of ether oxygens (including phenoxy) is 1. The number of nitrogens with zero attached hydrogens (tertiary/aromatic N) is 1. The van der Waals surface area contributed by atoms with E-state index in [2.05, 4.69) is 46.6 Å². The average Bonchev–Trinajstić information content (AvgIpc) is 2.45. The first-order chi connectivity index (χ1) is 11.2. The van der Waals surface area contributed by atoms with Crippen molar-refractivity contribution in [1.29, 1.82) is 0 Å². The number of carbonyl (C=O) groups is 1. The maximum atomic E-state index is 11.9. The van der Waals surface area contributed by atoms with Crippen LogP contribution in [-0.2, 0) is 14.4 Å². The highest BCUT2D eigenvalue weighted by Crippen LogP contribution is 2.40. The van der Waals surface area contributed by atoms with Crippen molar-refractivity contribution in [1.82, 2.24) is 5.06 Å². The molecule has 4 nitrogen and oxygen atoms in total. The van der Waals surface area contributed by atoms with E-state index in [4.69, 9.17) is 9.57 Å². The van der Waals surface area contributed by atoms with Gasteiger partial charge in [-0.1, -0.05) is 33.6 Å². The topological polar surface area (TPSA) is 38.8 Å². The van der Waals surface area contributed by atoms with Crippen LogP contribution >= 0.6 is 0 Å². The van der Waals surface area contributed by atoms with Gasteiger partial charge in [0.05, 0.1) is 6.10 Å². The molecule has 1 fully saturated rings. The van der Waals surface area contributed by atoms with Crippen molar-refractivity contribution in [3.63, 3.8) is 0 Å². The molecule has 1 aliphatic rings. The third kappa shape index (κ3) is 6.03. The van der Waals surface area contributed by atoms with Crippen molar-refractivity contribution in [2.24, 2.45) is 0 Å². The molecule has 0 N–H and O–H groups in total. The van der Waals surface area contributed by atoms with Crippen LogP contribution in [0, 0.1) is 0 Å². The number of rotatable bonds is 9. The summed E-state index contributed by atoms with van der Waals surface area (Å²) in [5, 5.41) is 2.19. The number of carbonyl (C=O) groups excluding carboxylic acids is 1. The van der Waals surface area contributed by atoms with Gasteiger partial charge < -0.3 is 4.74 Å². The highest BCUT2D eigenvalue weighted by Gasteiger charge is 2.48. The minimum absolute atomic E-state index is 0.0235. The Bertz CT molecular complexity index is 374. The number of piperidine rings is 1. The molecule has 0 aliphatic carbocycles. The second-order valence-electron chi connectivity index (χ2n) is 8.47. The van der Waals surface area contributed by atoms with Crippen LogP contribution in [-0.4, -0.2) is 34.3 Å². The molecular formula is C20H39NO3. The minimum atomic E-state index is -0.154. The Morgan fingerprint density at radius 2 is 1.67 bits per heavy atom. The zero-order valence-corrected chi connectivity index (χ0v) is 17.0. The first-order valence-corrected chi connectivity index (χ1v) is 9.82. The lowest BCUT2D eigenvalue weighted by atomic mass is 9.80. The molecule has 0 spiro atoms. The average molecular weight is 342 g/mol. The second-order valence-corrected chi connectivity index (χ2v) is 8.47. The molecule has 142 valence electrons. The Morgan fingerprint density at radius 3 is 2.12 bits per heavy atom. The largest absolute Gasteiger partial charge is 0.462 e. The maximum absolute atomic E-state index is 11.9. The van der Waals surface area contributed by atoms with E-state index >= 15 is 0 Å². The summed E-state index contributed by atoms with van der Waals surface area (Å²) in [6.07, 6.45) is 7.74. The van der Waals surface area contributed by atoms with Crippen molar-refractivity contribution in [2.45, 2.75) is 123 Å². The summed E-state index contributed by atoms with van der Waals surface area (Å²) in [7, 11) is 0. The predicted molar refractivity (Wildman–Crippen MR) is 98.7 cm³/mol. The predicted octanol–water partition coefficient (Wildman–Crippen LogP) is 5.25. The summed E-state index contributed by atoms with van der Waals surface area (Å²) < 4.78 is 5.73. The molecule has 0 aromatic rings. The van der Waals surface area contributed by atoms with E-state index in [1.54, 1.807) is 0 Å². The molecule has 0 bridgehead atoms. The van der Waals surface area contributed by atoms with Crippen molar-refractivity contribution in [2.75, 3.05) is 0 Å². The fourth-order valence-electron chi connectivity index (χ4n) is 3.90. The van der Waals surface area contributed by atoms with Crippen LogP contribution in [0.4, 0.5) is 0 Å². The minimum Gasteiger partial charge on any atom is -0.462 e. The van der Waals surface area contributed by atoms with Crippen LogP contribution in [0.2, 0.25) is 0 Å². The molecule has 1 unspecified atom stereocenters. The van der Waals surface area contributed by atoms with Gasteiger partial charge in [0.25, 0.3) is 0 Å². The van der Waals surface area contributed by atoms with Gasteiger partial charge in [0, 0.05) is 30.3 Å². The molecule has 0 amide bonds. The Morgan fingerprint density at radius 1 is 1.08 bits per heavy atom. The summed E-state index contributed by atoms with van der Waals surface area (Å²) in [6.45, 7) is 15.2. The molecule has 4 heteroatoms. The van der Waals surface area contributed by atoms with E-state index < -0.39 is 0 Å². The van der Waals surface area contributed by atoms with Gasteiger partial charge >= 0.3 is 5.97 Å². The summed E-state index contributed by atoms with van der Waals surface area (Å²) in [6, 6.07) is 0. The highest BCUT2D eigenvalue weighted by atomic mass is 16.7. The zero-order chi connectivity index (χ0) is 18.4. The first kappa shape index (κ1) is 21.4. The Hall–Kier alpha value is -0.610. The van der Waals surface area contributed by atoms with Crippen LogP contribution in [0.3, 0.4) is 0 Å². The van der Waals surface area contributed by atoms with Crippen molar-refractivity contribution in [3.8, 4) is 0 Å². The lowest BCUT2D eigenvalue weighted by Gasteiger charge is -2.54. The third-order valence-electron chi connectivity index (χ3n) is 4.90. The molecule has 0 aromatic heterocycles. The number of hydroxylamine groups is 2. The molecule has 0 aromatic carbocycles. The summed E-state index contributed by atoms with van der Waals surface area (Å²) in [4.78, 5) is 18.4. The van der Waals surface area contributed by atoms with E-state index in [1.807, 2.05) is 6.92 Å². The number of hydrogen-bond acceptors (Lipinski definition) is 4.